The lowest BCUT2D eigenvalue weighted by molar-refractivity contribution is 0.195. The minimum Gasteiger partial charge on any atom is -0.507 e. The van der Waals surface area contributed by atoms with Gasteiger partial charge in [0.25, 0.3) is 0 Å². The Morgan fingerprint density at radius 2 is 1.94 bits per heavy atom. The third-order valence-electron chi connectivity index (χ3n) is 3.79. The van der Waals surface area contributed by atoms with Crippen LogP contribution in [0.2, 0.25) is 0 Å². The molecular weight excluding hydrogens is 214 g/mol. The molecule has 2 N–H and O–H groups in total. The molecule has 1 saturated carbocycles. The zero-order chi connectivity index (χ0) is 12.6. The van der Waals surface area contributed by atoms with Crippen LogP contribution in [0.15, 0.2) is 18.2 Å². The summed E-state index contributed by atoms with van der Waals surface area (Å²) in [7, 11) is 2.06. The first kappa shape index (κ1) is 12.2. The number of rotatable bonds is 4. The van der Waals surface area contributed by atoms with Gasteiger partial charge in [0.2, 0.25) is 0 Å². The van der Waals surface area contributed by atoms with E-state index in [4.69, 9.17) is 0 Å². The summed E-state index contributed by atoms with van der Waals surface area (Å²) in [6.45, 7) is 3.88. The SMILES string of the molecule is CC(O)c1ccc(N(C)C(C)C2CC2)cc1O. The summed E-state index contributed by atoms with van der Waals surface area (Å²) in [5.41, 5.74) is 1.59. The van der Waals surface area contributed by atoms with Gasteiger partial charge in [-0.05, 0) is 38.7 Å². The lowest BCUT2D eigenvalue weighted by atomic mass is 10.1. The minimum absolute atomic E-state index is 0.173. The Morgan fingerprint density at radius 3 is 2.41 bits per heavy atom. The highest BCUT2D eigenvalue weighted by molar-refractivity contribution is 5.54. The van der Waals surface area contributed by atoms with Crippen molar-refractivity contribution in [1.82, 2.24) is 0 Å². The van der Waals surface area contributed by atoms with Crippen LogP contribution in [0.1, 0.15) is 38.4 Å². The number of hydrogen-bond acceptors (Lipinski definition) is 3. The van der Waals surface area contributed by atoms with Crippen LogP contribution in [0, 0.1) is 5.92 Å². The standard InChI is InChI=1S/C14H21NO2/c1-9(11-4-5-11)15(3)12-6-7-13(10(2)16)14(17)8-12/h6-11,16-17H,4-5H2,1-3H3. The highest BCUT2D eigenvalue weighted by atomic mass is 16.3. The zero-order valence-electron chi connectivity index (χ0n) is 10.7. The summed E-state index contributed by atoms with van der Waals surface area (Å²) >= 11 is 0. The van der Waals surface area contributed by atoms with E-state index in [0.29, 0.717) is 11.6 Å². The van der Waals surface area contributed by atoms with Crippen LogP contribution >= 0.6 is 0 Å². The number of aliphatic hydroxyl groups is 1. The molecule has 2 unspecified atom stereocenters. The number of benzene rings is 1. The van der Waals surface area contributed by atoms with E-state index in [0.717, 1.165) is 11.6 Å². The second-order valence-corrected chi connectivity index (χ2v) is 5.11. The van der Waals surface area contributed by atoms with Crippen molar-refractivity contribution in [2.45, 2.75) is 38.8 Å². The number of phenolic OH excluding ortho intramolecular Hbond substituents is 1. The highest BCUT2D eigenvalue weighted by Crippen LogP contribution is 2.37. The Labute approximate surface area is 103 Å². The van der Waals surface area contributed by atoms with Crippen molar-refractivity contribution in [2.24, 2.45) is 5.92 Å². The summed E-state index contributed by atoms with van der Waals surface area (Å²) in [6.07, 6.45) is 1.99. The molecule has 1 fully saturated rings. The van der Waals surface area contributed by atoms with Gasteiger partial charge < -0.3 is 15.1 Å². The molecule has 1 aromatic rings. The van der Waals surface area contributed by atoms with Gasteiger partial charge in [-0.2, -0.15) is 0 Å². The molecule has 94 valence electrons. The van der Waals surface area contributed by atoms with E-state index in [1.54, 1.807) is 19.1 Å². The Morgan fingerprint density at radius 1 is 1.29 bits per heavy atom. The quantitative estimate of drug-likeness (QED) is 0.843. The van der Waals surface area contributed by atoms with Crippen LogP contribution in [0.3, 0.4) is 0 Å². The summed E-state index contributed by atoms with van der Waals surface area (Å²) in [5.74, 6) is 0.964. The fourth-order valence-electron chi connectivity index (χ4n) is 2.23. The van der Waals surface area contributed by atoms with E-state index >= 15 is 0 Å². The van der Waals surface area contributed by atoms with E-state index in [1.807, 2.05) is 6.07 Å². The van der Waals surface area contributed by atoms with Crippen LogP contribution in [-0.4, -0.2) is 23.3 Å². The van der Waals surface area contributed by atoms with Crippen molar-refractivity contribution in [1.29, 1.82) is 0 Å². The lowest BCUT2D eigenvalue weighted by Gasteiger charge is -2.27. The molecule has 0 heterocycles. The number of anilines is 1. The largest absolute Gasteiger partial charge is 0.507 e. The first-order valence-corrected chi connectivity index (χ1v) is 6.24. The molecule has 2 rings (SSSR count). The van der Waals surface area contributed by atoms with Gasteiger partial charge in [0.05, 0.1) is 6.10 Å². The minimum atomic E-state index is -0.629. The normalized spacial score (nSPS) is 18.8. The maximum absolute atomic E-state index is 9.86. The van der Waals surface area contributed by atoms with Gasteiger partial charge in [-0.15, -0.1) is 0 Å². The molecule has 0 aliphatic heterocycles. The average molecular weight is 235 g/mol. The molecule has 3 nitrogen and oxygen atoms in total. The Kier molecular flexibility index (Phi) is 3.29. The summed E-state index contributed by atoms with van der Waals surface area (Å²) in [6, 6.07) is 6.00. The van der Waals surface area contributed by atoms with E-state index in [9.17, 15) is 10.2 Å². The molecule has 2 atom stereocenters. The highest BCUT2D eigenvalue weighted by Gasteiger charge is 2.30. The summed E-state index contributed by atoms with van der Waals surface area (Å²) < 4.78 is 0. The molecule has 0 bridgehead atoms. The third-order valence-corrected chi connectivity index (χ3v) is 3.79. The van der Waals surface area contributed by atoms with Gasteiger partial charge in [0, 0.05) is 30.4 Å². The van der Waals surface area contributed by atoms with Crippen LogP contribution in [0.25, 0.3) is 0 Å². The van der Waals surface area contributed by atoms with Gasteiger partial charge in [-0.25, -0.2) is 0 Å². The second-order valence-electron chi connectivity index (χ2n) is 5.11. The first-order chi connectivity index (χ1) is 8.00. The molecule has 0 saturated heterocycles. The number of phenols is 1. The van der Waals surface area contributed by atoms with Gasteiger partial charge in [-0.3, -0.25) is 0 Å². The molecule has 1 aliphatic carbocycles. The van der Waals surface area contributed by atoms with Crippen LogP contribution < -0.4 is 4.90 Å². The Bertz CT molecular complexity index is 399. The van der Waals surface area contributed by atoms with Crippen LogP contribution in [0.5, 0.6) is 5.75 Å². The van der Waals surface area contributed by atoms with Gasteiger partial charge >= 0.3 is 0 Å². The number of aliphatic hydroxyl groups excluding tert-OH is 1. The number of hydrogen-bond donors (Lipinski definition) is 2. The molecule has 17 heavy (non-hydrogen) atoms. The Balaban J connectivity index is 2.18. The van der Waals surface area contributed by atoms with E-state index in [1.165, 1.54) is 12.8 Å². The van der Waals surface area contributed by atoms with E-state index in [-0.39, 0.29) is 5.75 Å². The molecule has 1 aromatic carbocycles. The molecule has 3 heteroatoms. The monoisotopic (exact) mass is 235 g/mol. The topological polar surface area (TPSA) is 43.7 Å². The van der Waals surface area contributed by atoms with Crippen molar-refractivity contribution >= 4 is 5.69 Å². The predicted octanol–water partition coefficient (Wildman–Crippen LogP) is 2.68. The predicted molar refractivity (Wildman–Crippen MR) is 69.3 cm³/mol. The first-order valence-electron chi connectivity index (χ1n) is 6.24. The van der Waals surface area contributed by atoms with Crippen molar-refractivity contribution in [3.05, 3.63) is 23.8 Å². The van der Waals surface area contributed by atoms with Crippen molar-refractivity contribution in [2.75, 3.05) is 11.9 Å². The van der Waals surface area contributed by atoms with Gasteiger partial charge in [-0.1, -0.05) is 6.07 Å². The third kappa shape index (κ3) is 2.55. The van der Waals surface area contributed by atoms with Crippen LogP contribution in [-0.2, 0) is 0 Å². The smallest absolute Gasteiger partial charge is 0.123 e. The average Bonchev–Trinajstić information content (AvgIpc) is 3.10. The molecule has 1 aliphatic rings. The summed E-state index contributed by atoms with van der Waals surface area (Å²) in [4.78, 5) is 2.20. The molecular formula is C14H21NO2. The van der Waals surface area contributed by atoms with Gasteiger partial charge in [0.15, 0.2) is 0 Å². The molecule has 0 radical (unpaired) electrons. The van der Waals surface area contributed by atoms with Gasteiger partial charge in [0.1, 0.15) is 5.75 Å². The maximum Gasteiger partial charge on any atom is 0.123 e. The van der Waals surface area contributed by atoms with Crippen molar-refractivity contribution in [3.63, 3.8) is 0 Å². The second kappa shape index (κ2) is 4.57. The fraction of sp³-hybridized carbons (Fsp3) is 0.571. The van der Waals surface area contributed by atoms with E-state index in [2.05, 4.69) is 18.9 Å². The van der Waals surface area contributed by atoms with E-state index < -0.39 is 6.10 Å². The van der Waals surface area contributed by atoms with Crippen molar-refractivity contribution in [3.8, 4) is 5.75 Å². The number of nitrogens with zero attached hydrogens (tertiary/aromatic N) is 1. The van der Waals surface area contributed by atoms with Crippen molar-refractivity contribution < 1.29 is 10.2 Å². The summed E-state index contributed by atoms with van der Waals surface area (Å²) in [5, 5.41) is 19.3. The molecule has 0 aromatic heterocycles. The molecule has 0 spiro atoms. The Hall–Kier alpha value is -1.22. The fourth-order valence-corrected chi connectivity index (χ4v) is 2.23. The van der Waals surface area contributed by atoms with Crippen LogP contribution in [0.4, 0.5) is 5.69 Å². The lowest BCUT2D eigenvalue weighted by Crippen LogP contribution is -2.30. The maximum atomic E-state index is 9.86. The zero-order valence-corrected chi connectivity index (χ0v) is 10.7. The molecule has 0 amide bonds. The number of aromatic hydroxyl groups is 1.